The zero-order chi connectivity index (χ0) is 19.8. The first-order valence-corrected chi connectivity index (χ1v) is 9.41. The standard InChI is InChI=1S/C19H19N5O3S/c1-10-15(17(20)25)16(12-7-6-11(26-2)9-13(12)27-3)24-19(21-10)22-18(23-24)14-5-4-8-28-14/h4-9,16H,1-3H3,(H2,20,25)(H,21,22,23). The average molecular weight is 397 g/mol. The van der Waals surface area contributed by atoms with Crippen LogP contribution in [-0.4, -0.2) is 34.9 Å². The number of primary amides is 1. The lowest BCUT2D eigenvalue weighted by Gasteiger charge is -2.28. The molecule has 0 saturated carbocycles. The van der Waals surface area contributed by atoms with Crippen LogP contribution in [0.1, 0.15) is 18.5 Å². The number of methoxy groups -OCH3 is 2. The van der Waals surface area contributed by atoms with Crippen molar-refractivity contribution in [2.75, 3.05) is 19.5 Å². The topological polar surface area (TPSA) is 104 Å². The summed E-state index contributed by atoms with van der Waals surface area (Å²) in [5, 5.41) is 9.76. The highest BCUT2D eigenvalue weighted by molar-refractivity contribution is 7.13. The number of nitrogens with two attached hydrogens (primary N) is 1. The van der Waals surface area contributed by atoms with Gasteiger partial charge in [-0.05, 0) is 30.5 Å². The van der Waals surface area contributed by atoms with Crippen LogP contribution in [0.3, 0.4) is 0 Å². The van der Waals surface area contributed by atoms with Gasteiger partial charge in [0.15, 0.2) is 5.82 Å². The molecule has 0 spiro atoms. The number of thiophene rings is 1. The molecule has 2 aromatic heterocycles. The number of allylic oxidation sites excluding steroid dienone is 1. The first-order valence-electron chi connectivity index (χ1n) is 8.53. The van der Waals surface area contributed by atoms with Gasteiger partial charge in [-0.2, -0.15) is 4.98 Å². The molecule has 0 bridgehead atoms. The summed E-state index contributed by atoms with van der Waals surface area (Å²) in [7, 11) is 3.15. The molecule has 1 aromatic carbocycles. The van der Waals surface area contributed by atoms with Gasteiger partial charge < -0.3 is 20.5 Å². The van der Waals surface area contributed by atoms with E-state index >= 15 is 0 Å². The molecule has 0 fully saturated rings. The lowest BCUT2D eigenvalue weighted by atomic mass is 9.94. The summed E-state index contributed by atoms with van der Waals surface area (Å²) in [4.78, 5) is 17.9. The monoisotopic (exact) mass is 397 g/mol. The van der Waals surface area contributed by atoms with E-state index in [1.54, 1.807) is 43.2 Å². The van der Waals surface area contributed by atoms with Crippen LogP contribution in [-0.2, 0) is 4.79 Å². The lowest BCUT2D eigenvalue weighted by molar-refractivity contribution is -0.115. The smallest absolute Gasteiger partial charge is 0.248 e. The van der Waals surface area contributed by atoms with Crippen molar-refractivity contribution in [1.29, 1.82) is 0 Å². The summed E-state index contributed by atoms with van der Waals surface area (Å²) >= 11 is 1.54. The van der Waals surface area contributed by atoms with E-state index in [4.69, 9.17) is 15.2 Å². The van der Waals surface area contributed by atoms with Gasteiger partial charge in [0, 0.05) is 17.3 Å². The van der Waals surface area contributed by atoms with Crippen molar-refractivity contribution in [3.8, 4) is 22.2 Å². The van der Waals surface area contributed by atoms with Gasteiger partial charge in [-0.15, -0.1) is 16.4 Å². The highest BCUT2D eigenvalue weighted by Crippen LogP contribution is 2.41. The fraction of sp³-hybridized carbons (Fsp3) is 0.211. The Hall–Kier alpha value is -3.33. The van der Waals surface area contributed by atoms with Gasteiger partial charge in [0.2, 0.25) is 11.9 Å². The van der Waals surface area contributed by atoms with Gasteiger partial charge in [0.25, 0.3) is 0 Å². The van der Waals surface area contributed by atoms with Crippen molar-refractivity contribution in [3.63, 3.8) is 0 Å². The molecular formula is C19H19N5O3S. The quantitative estimate of drug-likeness (QED) is 0.686. The van der Waals surface area contributed by atoms with Gasteiger partial charge in [-0.25, -0.2) is 4.68 Å². The zero-order valence-electron chi connectivity index (χ0n) is 15.6. The first-order chi connectivity index (χ1) is 13.5. The molecule has 28 heavy (non-hydrogen) atoms. The summed E-state index contributed by atoms with van der Waals surface area (Å²) in [5.41, 5.74) is 7.50. The molecule has 3 aromatic rings. The molecule has 1 aliphatic heterocycles. The minimum atomic E-state index is -0.573. The van der Waals surface area contributed by atoms with Crippen LogP contribution in [0, 0.1) is 0 Å². The third-order valence-electron chi connectivity index (χ3n) is 4.59. The van der Waals surface area contributed by atoms with Crippen molar-refractivity contribution in [1.82, 2.24) is 14.8 Å². The molecule has 8 nitrogen and oxygen atoms in total. The Labute approximate surface area is 165 Å². The third-order valence-corrected chi connectivity index (χ3v) is 5.46. The molecule has 1 atom stereocenters. The van der Waals surface area contributed by atoms with Gasteiger partial charge >= 0.3 is 0 Å². The average Bonchev–Trinajstić information content (AvgIpc) is 3.35. The summed E-state index contributed by atoms with van der Waals surface area (Å²) in [6, 6.07) is 8.74. The van der Waals surface area contributed by atoms with Gasteiger partial charge in [0.05, 0.1) is 24.7 Å². The van der Waals surface area contributed by atoms with Gasteiger partial charge in [-0.1, -0.05) is 6.07 Å². The lowest BCUT2D eigenvalue weighted by Crippen LogP contribution is -2.32. The number of hydrogen-bond acceptors (Lipinski definition) is 7. The molecule has 3 N–H and O–H groups in total. The van der Waals surface area contributed by atoms with Crippen LogP contribution in [0.15, 0.2) is 47.0 Å². The molecule has 4 rings (SSSR count). The van der Waals surface area contributed by atoms with Crippen LogP contribution in [0.4, 0.5) is 5.95 Å². The van der Waals surface area contributed by atoms with Crippen LogP contribution in [0.2, 0.25) is 0 Å². The second-order valence-electron chi connectivity index (χ2n) is 6.22. The highest BCUT2D eigenvalue weighted by atomic mass is 32.1. The fourth-order valence-electron chi connectivity index (χ4n) is 3.31. The van der Waals surface area contributed by atoms with Crippen LogP contribution in [0.5, 0.6) is 11.5 Å². The number of fused-ring (bicyclic) bond motifs is 1. The Morgan fingerprint density at radius 3 is 2.75 bits per heavy atom. The molecule has 9 heteroatoms. The Kier molecular flexibility index (Phi) is 4.52. The summed E-state index contributed by atoms with van der Waals surface area (Å²) in [6.45, 7) is 1.80. The predicted molar refractivity (Wildman–Crippen MR) is 107 cm³/mol. The SMILES string of the molecule is COc1ccc(C2C(C(N)=O)=C(C)Nc3nc(-c4cccs4)nn32)c(OC)c1. The molecule has 0 saturated heterocycles. The van der Waals surface area contributed by atoms with E-state index in [2.05, 4.69) is 15.4 Å². The van der Waals surface area contributed by atoms with Crippen LogP contribution >= 0.6 is 11.3 Å². The fourth-order valence-corrected chi connectivity index (χ4v) is 3.97. The number of hydrogen-bond donors (Lipinski definition) is 2. The number of anilines is 1. The summed E-state index contributed by atoms with van der Waals surface area (Å²) < 4.78 is 12.5. The van der Waals surface area contributed by atoms with E-state index in [0.29, 0.717) is 34.5 Å². The van der Waals surface area contributed by atoms with E-state index in [0.717, 1.165) is 10.4 Å². The second kappa shape index (κ2) is 7.01. The maximum Gasteiger partial charge on any atom is 0.248 e. The molecule has 1 unspecified atom stereocenters. The number of benzene rings is 1. The molecule has 0 radical (unpaired) electrons. The van der Waals surface area contributed by atoms with Crippen molar-refractivity contribution >= 4 is 23.2 Å². The van der Waals surface area contributed by atoms with Gasteiger partial charge in [0.1, 0.15) is 17.5 Å². The maximum absolute atomic E-state index is 12.3. The van der Waals surface area contributed by atoms with Crippen molar-refractivity contribution in [2.45, 2.75) is 13.0 Å². The number of carbonyl (C=O) groups excluding carboxylic acids is 1. The van der Waals surface area contributed by atoms with E-state index in [1.807, 2.05) is 29.6 Å². The molecule has 3 heterocycles. The van der Waals surface area contributed by atoms with Crippen molar-refractivity contribution in [2.24, 2.45) is 5.73 Å². The normalized spacial score (nSPS) is 15.8. The minimum Gasteiger partial charge on any atom is -0.497 e. The molecule has 1 aliphatic rings. The zero-order valence-corrected chi connectivity index (χ0v) is 16.4. The number of amides is 1. The number of nitrogens with one attached hydrogen (secondary N) is 1. The summed E-state index contributed by atoms with van der Waals surface area (Å²) in [6.07, 6.45) is 0. The maximum atomic E-state index is 12.3. The van der Waals surface area contributed by atoms with Crippen molar-refractivity contribution in [3.05, 3.63) is 52.5 Å². The predicted octanol–water partition coefficient (Wildman–Crippen LogP) is 2.80. The Bertz CT molecular complexity index is 1070. The summed E-state index contributed by atoms with van der Waals surface area (Å²) in [5.74, 6) is 1.79. The second-order valence-corrected chi connectivity index (χ2v) is 7.17. The number of nitrogens with zero attached hydrogens (tertiary/aromatic N) is 3. The van der Waals surface area contributed by atoms with Gasteiger partial charge in [-0.3, -0.25) is 4.79 Å². The Balaban J connectivity index is 1.92. The number of rotatable bonds is 5. The molecule has 1 amide bonds. The molecule has 144 valence electrons. The van der Waals surface area contributed by atoms with Crippen LogP contribution in [0.25, 0.3) is 10.7 Å². The van der Waals surface area contributed by atoms with E-state index in [1.165, 1.54) is 0 Å². The third kappa shape index (κ3) is 2.89. The Morgan fingerprint density at radius 2 is 2.11 bits per heavy atom. The minimum absolute atomic E-state index is 0.401. The van der Waals surface area contributed by atoms with E-state index < -0.39 is 11.9 Å². The molecule has 0 aliphatic carbocycles. The Morgan fingerprint density at radius 1 is 1.29 bits per heavy atom. The van der Waals surface area contributed by atoms with Crippen molar-refractivity contribution < 1.29 is 14.3 Å². The number of ether oxygens (including phenoxy) is 2. The number of carbonyl (C=O) groups is 1. The highest BCUT2D eigenvalue weighted by Gasteiger charge is 2.35. The molecular weight excluding hydrogens is 378 g/mol. The van der Waals surface area contributed by atoms with E-state index in [9.17, 15) is 4.79 Å². The number of aromatic nitrogens is 3. The first kappa shape index (κ1) is 18.1. The van der Waals surface area contributed by atoms with Crippen LogP contribution < -0.4 is 20.5 Å². The largest absolute Gasteiger partial charge is 0.497 e. The van der Waals surface area contributed by atoms with E-state index in [-0.39, 0.29) is 0 Å².